The van der Waals surface area contributed by atoms with Gasteiger partial charge in [0.2, 0.25) is 0 Å². The van der Waals surface area contributed by atoms with Gasteiger partial charge >= 0.3 is 5.97 Å². The monoisotopic (exact) mass is 364 g/mol. The predicted octanol–water partition coefficient (Wildman–Crippen LogP) is 3.73. The molecule has 0 amide bonds. The van der Waals surface area contributed by atoms with E-state index in [1.807, 2.05) is 6.92 Å². The summed E-state index contributed by atoms with van der Waals surface area (Å²) >= 11 is 0. The summed E-state index contributed by atoms with van der Waals surface area (Å²) < 4.78 is 5.52. The first-order chi connectivity index (χ1) is 12.1. The number of hydrogen-bond donors (Lipinski definition) is 1. The summed E-state index contributed by atoms with van der Waals surface area (Å²) in [6.45, 7) is 17.0. The highest BCUT2D eigenvalue weighted by Crippen LogP contribution is 2.34. The normalized spacial score (nSPS) is 22.1. The lowest BCUT2D eigenvalue weighted by molar-refractivity contribution is -0.133. The molecule has 0 saturated carbocycles. The van der Waals surface area contributed by atoms with Gasteiger partial charge in [0.05, 0.1) is 24.8 Å². The molecule has 0 aromatic rings. The van der Waals surface area contributed by atoms with Crippen molar-refractivity contribution in [2.75, 3.05) is 32.8 Å². The van der Waals surface area contributed by atoms with E-state index in [1.165, 1.54) is 5.82 Å². The summed E-state index contributed by atoms with van der Waals surface area (Å²) in [6.07, 6.45) is 4.25. The standard InChI is InChI=1S/C21H36N2O3/c1-15(2)19-18(20(24)25)16(3)14-17(22-10-12-26-13-11-22)23(19)9-7-8-21(4,5)6/h14-15,19H,7-13H2,1-6H3,(H,24,25). The van der Waals surface area contributed by atoms with Gasteiger partial charge in [0.25, 0.3) is 0 Å². The number of aliphatic carboxylic acids is 1. The number of rotatable bonds is 6. The molecular formula is C21H36N2O3. The zero-order valence-electron chi connectivity index (χ0n) is 17.3. The van der Waals surface area contributed by atoms with Crippen LogP contribution in [0, 0.1) is 11.3 Å². The van der Waals surface area contributed by atoms with Crippen molar-refractivity contribution in [2.24, 2.45) is 11.3 Å². The van der Waals surface area contributed by atoms with E-state index in [0.717, 1.165) is 51.3 Å². The number of carboxylic acid groups (broad SMARTS) is 1. The average Bonchev–Trinajstić information content (AvgIpc) is 2.54. The zero-order chi connectivity index (χ0) is 19.5. The highest BCUT2D eigenvalue weighted by Gasteiger charge is 2.37. The highest BCUT2D eigenvalue weighted by atomic mass is 16.5. The third-order valence-electron chi connectivity index (χ3n) is 5.22. The van der Waals surface area contributed by atoms with Crippen LogP contribution in [0.2, 0.25) is 0 Å². The molecule has 1 atom stereocenters. The van der Waals surface area contributed by atoms with E-state index in [2.05, 4.69) is 50.5 Å². The predicted molar refractivity (Wildman–Crippen MR) is 105 cm³/mol. The van der Waals surface area contributed by atoms with E-state index in [0.29, 0.717) is 5.57 Å². The van der Waals surface area contributed by atoms with Crippen molar-refractivity contribution < 1.29 is 14.6 Å². The first-order valence-corrected chi connectivity index (χ1v) is 9.87. The average molecular weight is 365 g/mol. The Morgan fingerprint density at radius 2 is 1.92 bits per heavy atom. The first-order valence-electron chi connectivity index (χ1n) is 9.87. The molecule has 26 heavy (non-hydrogen) atoms. The van der Waals surface area contributed by atoms with E-state index in [-0.39, 0.29) is 17.4 Å². The second-order valence-corrected chi connectivity index (χ2v) is 9.05. The maximum Gasteiger partial charge on any atom is 0.333 e. The van der Waals surface area contributed by atoms with Crippen LogP contribution in [0.4, 0.5) is 0 Å². The Balaban J connectivity index is 2.35. The third kappa shape index (κ3) is 5.03. The molecule has 0 spiro atoms. The minimum absolute atomic E-state index is 0.0877. The van der Waals surface area contributed by atoms with E-state index in [9.17, 15) is 9.90 Å². The van der Waals surface area contributed by atoms with Gasteiger partial charge in [-0.25, -0.2) is 4.79 Å². The Morgan fingerprint density at radius 1 is 1.31 bits per heavy atom. The van der Waals surface area contributed by atoms with Crippen LogP contribution in [0.25, 0.3) is 0 Å². The SMILES string of the molecule is CC1=C(C(=O)O)C(C(C)C)N(CCCC(C)(C)C)C(N2CCOCC2)=C1. The number of morpholine rings is 1. The molecule has 0 aliphatic carbocycles. The van der Waals surface area contributed by atoms with Crippen LogP contribution in [-0.2, 0) is 9.53 Å². The van der Waals surface area contributed by atoms with Crippen LogP contribution in [0.5, 0.6) is 0 Å². The molecule has 0 aromatic heterocycles. The Labute approximate surface area is 158 Å². The van der Waals surface area contributed by atoms with Gasteiger partial charge in [-0.1, -0.05) is 34.6 Å². The maximum absolute atomic E-state index is 12.0. The molecule has 0 radical (unpaired) electrons. The lowest BCUT2D eigenvalue weighted by atomic mass is 9.86. The second kappa shape index (κ2) is 8.47. The van der Waals surface area contributed by atoms with Gasteiger partial charge < -0.3 is 19.6 Å². The number of allylic oxidation sites excluding steroid dienone is 2. The Bertz CT molecular complexity index is 566. The molecule has 0 aromatic carbocycles. The Kier molecular flexibility index (Phi) is 6.78. The molecule has 1 saturated heterocycles. The summed E-state index contributed by atoms with van der Waals surface area (Å²) in [5.74, 6) is 0.609. The van der Waals surface area contributed by atoms with Crippen LogP contribution in [0.15, 0.2) is 23.0 Å². The molecule has 2 rings (SSSR count). The minimum Gasteiger partial charge on any atom is -0.478 e. The van der Waals surface area contributed by atoms with Gasteiger partial charge in [0.15, 0.2) is 0 Å². The summed E-state index contributed by atoms with van der Waals surface area (Å²) in [5, 5.41) is 9.85. The lowest BCUT2D eigenvalue weighted by Crippen LogP contribution is -2.51. The quantitative estimate of drug-likeness (QED) is 0.778. The number of hydrogen-bond acceptors (Lipinski definition) is 4. The zero-order valence-corrected chi connectivity index (χ0v) is 17.3. The summed E-state index contributed by atoms with van der Waals surface area (Å²) in [5.41, 5.74) is 1.71. The molecule has 5 heteroatoms. The largest absolute Gasteiger partial charge is 0.478 e. The Morgan fingerprint density at radius 3 is 2.42 bits per heavy atom. The molecule has 2 aliphatic heterocycles. The van der Waals surface area contributed by atoms with Gasteiger partial charge in [0, 0.05) is 19.6 Å². The van der Waals surface area contributed by atoms with Crippen molar-refractivity contribution >= 4 is 5.97 Å². The van der Waals surface area contributed by atoms with Crippen molar-refractivity contribution in [2.45, 2.75) is 60.4 Å². The fraction of sp³-hybridized carbons (Fsp3) is 0.762. The number of ether oxygens (including phenoxy) is 1. The smallest absolute Gasteiger partial charge is 0.333 e. The van der Waals surface area contributed by atoms with Crippen LogP contribution < -0.4 is 0 Å². The van der Waals surface area contributed by atoms with E-state index >= 15 is 0 Å². The van der Waals surface area contributed by atoms with Crippen molar-refractivity contribution in [3.8, 4) is 0 Å². The number of carbonyl (C=O) groups is 1. The fourth-order valence-electron chi connectivity index (χ4n) is 3.97. The van der Waals surface area contributed by atoms with Crippen molar-refractivity contribution in [3.05, 3.63) is 23.0 Å². The summed E-state index contributed by atoms with van der Waals surface area (Å²) in [6, 6.07) is -0.0877. The molecule has 5 nitrogen and oxygen atoms in total. The second-order valence-electron chi connectivity index (χ2n) is 9.05. The van der Waals surface area contributed by atoms with Crippen LogP contribution >= 0.6 is 0 Å². The van der Waals surface area contributed by atoms with E-state index in [1.54, 1.807) is 0 Å². The molecule has 148 valence electrons. The van der Waals surface area contributed by atoms with Crippen molar-refractivity contribution in [1.29, 1.82) is 0 Å². The topological polar surface area (TPSA) is 53.0 Å². The van der Waals surface area contributed by atoms with Crippen LogP contribution in [0.3, 0.4) is 0 Å². The number of carboxylic acids is 1. The molecule has 2 heterocycles. The molecule has 2 aliphatic rings. The van der Waals surface area contributed by atoms with Gasteiger partial charge in [-0.05, 0) is 42.7 Å². The lowest BCUT2D eigenvalue weighted by Gasteiger charge is -2.46. The molecule has 1 unspecified atom stereocenters. The van der Waals surface area contributed by atoms with Gasteiger partial charge in [-0.2, -0.15) is 0 Å². The summed E-state index contributed by atoms with van der Waals surface area (Å²) in [4.78, 5) is 16.7. The van der Waals surface area contributed by atoms with Gasteiger partial charge in [-0.3, -0.25) is 0 Å². The Hall–Kier alpha value is -1.49. The van der Waals surface area contributed by atoms with Crippen molar-refractivity contribution in [1.82, 2.24) is 9.80 Å². The van der Waals surface area contributed by atoms with Crippen LogP contribution in [0.1, 0.15) is 54.4 Å². The fourth-order valence-corrected chi connectivity index (χ4v) is 3.97. The molecular weight excluding hydrogens is 328 g/mol. The van der Waals surface area contributed by atoms with Crippen LogP contribution in [-0.4, -0.2) is 59.8 Å². The van der Waals surface area contributed by atoms with E-state index < -0.39 is 5.97 Å². The first kappa shape index (κ1) is 20.8. The summed E-state index contributed by atoms with van der Waals surface area (Å²) in [7, 11) is 0. The van der Waals surface area contributed by atoms with Gasteiger partial charge in [0.1, 0.15) is 5.82 Å². The molecule has 1 N–H and O–H groups in total. The third-order valence-corrected chi connectivity index (χ3v) is 5.22. The maximum atomic E-state index is 12.0. The van der Waals surface area contributed by atoms with E-state index in [4.69, 9.17) is 4.74 Å². The van der Waals surface area contributed by atoms with Gasteiger partial charge in [-0.15, -0.1) is 0 Å². The molecule has 1 fully saturated rings. The minimum atomic E-state index is -0.792. The number of nitrogens with zero attached hydrogens (tertiary/aromatic N) is 2. The highest BCUT2D eigenvalue weighted by molar-refractivity contribution is 5.90. The molecule has 0 bridgehead atoms. The van der Waals surface area contributed by atoms with Crippen molar-refractivity contribution in [3.63, 3.8) is 0 Å².